The predicted octanol–water partition coefficient (Wildman–Crippen LogP) is 2.48. The van der Waals surface area contributed by atoms with Crippen molar-refractivity contribution in [1.29, 1.82) is 0 Å². The standard InChI is InChI=1S/C18H21N3O3S/c1-13(10-14-12-19-5-6-20-14)21-18(22)4-9-25-15-2-3-16-17(11-15)24-8-7-23-16/h2-3,5-6,11-13H,4,7-10H2,1H3,(H,21,22)/t13-/m0/s1. The summed E-state index contributed by atoms with van der Waals surface area (Å²) in [4.78, 5) is 21.4. The Kier molecular flexibility index (Phi) is 6.11. The molecule has 7 heteroatoms. The van der Waals surface area contributed by atoms with Gasteiger partial charge in [0.1, 0.15) is 13.2 Å². The maximum atomic E-state index is 12.1. The van der Waals surface area contributed by atoms with Crippen LogP contribution in [0.1, 0.15) is 19.0 Å². The number of ether oxygens (including phenoxy) is 2. The number of nitrogens with one attached hydrogen (secondary N) is 1. The van der Waals surface area contributed by atoms with Gasteiger partial charge in [-0.05, 0) is 25.1 Å². The fourth-order valence-electron chi connectivity index (χ4n) is 2.52. The van der Waals surface area contributed by atoms with E-state index in [2.05, 4.69) is 15.3 Å². The lowest BCUT2D eigenvalue weighted by Gasteiger charge is -2.18. The molecule has 1 atom stereocenters. The fraction of sp³-hybridized carbons (Fsp3) is 0.389. The predicted molar refractivity (Wildman–Crippen MR) is 96.1 cm³/mol. The molecule has 2 aromatic rings. The second-order valence-corrected chi connectivity index (χ2v) is 6.94. The first-order chi connectivity index (χ1) is 12.2. The lowest BCUT2D eigenvalue weighted by atomic mass is 10.2. The number of thioether (sulfide) groups is 1. The van der Waals surface area contributed by atoms with Gasteiger partial charge in [-0.2, -0.15) is 0 Å². The first-order valence-electron chi connectivity index (χ1n) is 8.27. The molecule has 1 aromatic heterocycles. The third kappa shape index (κ3) is 5.35. The summed E-state index contributed by atoms with van der Waals surface area (Å²) < 4.78 is 11.1. The second kappa shape index (κ2) is 8.71. The van der Waals surface area contributed by atoms with Crippen molar-refractivity contribution in [3.05, 3.63) is 42.5 Å². The molecular formula is C18H21N3O3S. The molecule has 1 aliphatic rings. The van der Waals surface area contributed by atoms with Gasteiger partial charge in [0.25, 0.3) is 0 Å². The molecule has 0 saturated carbocycles. The highest BCUT2D eigenvalue weighted by atomic mass is 32.2. The number of fused-ring (bicyclic) bond motifs is 1. The highest BCUT2D eigenvalue weighted by molar-refractivity contribution is 7.99. The summed E-state index contributed by atoms with van der Waals surface area (Å²) in [7, 11) is 0. The molecule has 0 spiro atoms. The van der Waals surface area contributed by atoms with Crippen molar-refractivity contribution >= 4 is 17.7 Å². The van der Waals surface area contributed by atoms with E-state index in [1.54, 1.807) is 30.4 Å². The second-order valence-electron chi connectivity index (χ2n) is 5.77. The topological polar surface area (TPSA) is 73.3 Å². The Morgan fingerprint density at radius 2 is 2.12 bits per heavy atom. The average Bonchev–Trinajstić information content (AvgIpc) is 2.62. The van der Waals surface area contributed by atoms with Crippen LogP contribution in [0.15, 0.2) is 41.7 Å². The van der Waals surface area contributed by atoms with E-state index in [1.165, 1.54) is 0 Å². The Morgan fingerprint density at radius 1 is 1.28 bits per heavy atom. The summed E-state index contributed by atoms with van der Waals surface area (Å²) in [5, 5.41) is 3.00. The molecule has 132 valence electrons. The molecule has 6 nitrogen and oxygen atoms in total. The molecule has 3 rings (SSSR count). The molecule has 0 unspecified atom stereocenters. The number of hydrogen-bond donors (Lipinski definition) is 1. The van der Waals surface area contributed by atoms with Gasteiger partial charge in [0.15, 0.2) is 11.5 Å². The number of rotatable bonds is 7. The Bertz CT molecular complexity index is 712. The molecule has 1 amide bonds. The first-order valence-corrected chi connectivity index (χ1v) is 9.26. The number of carbonyl (C=O) groups is 1. The van der Waals surface area contributed by atoms with E-state index in [0.717, 1.165) is 22.1 Å². The molecule has 1 aliphatic heterocycles. The Balaban J connectivity index is 1.40. The Labute approximate surface area is 151 Å². The average molecular weight is 359 g/mol. The van der Waals surface area contributed by atoms with Gasteiger partial charge < -0.3 is 14.8 Å². The minimum Gasteiger partial charge on any atom is -0.486 e. The monoisotopic (exact) mass is 359 g/mol. The number of carbonyl (C=O) groups excluding carboxylic acids is 1. The zero-order valence-corrected chi connectivity index (χ0v) is 14.9. The molecule has 1 N–H and O–H groups in total. The van der Waals surface area contributed by atoms with Crippen LogP contribution in [-0.4, -0.2) is 40.9 Å². The quantitative estimate of drug-likeness (QED) is 0.766. The molecule has 0 fully saturated rings. The molecule has 0 radical (unpaired) electrons. The molecular weight excluding hydrogens is 338 g/mol. The molecule has 0 saturated heterocycles. The molecule has 0 bridgehead atoms. The molecule has 25 heavy (non-hydrogen) atoms. The van der Waals surface area contributed by atoms with Crippen LogP contribution in [0.5, 0.6) is 11.5 Å². The third-order valence-electron chi connectivity index (χ3n) is 3.65. The SMILES string of the molecule is C[C@@H](Cc1cnccn1)NC(=O)CCSc1ccc2c(c1)OCCO2. The zero-order valence-electron chi connectivity index (χ0n) is 14.1. The Hall–Kier alpha value is -2.28. The number of benzene rings is 1. The van der Waals surface area contributed by atoms with Crippen LogP contribution in [0.25, 0.3) is 0 Å². The van der Waals surface area contributed by atoms with Crippen LogP contribution in [0.2, 0.25) is 0 Å². The van der Waals surface area contributed by atoms with Gasteiger partial charge in [0, 0.05) is 48.1 Å². The Morgan fingerprint density at radius 3 is 2.92 bits per heavy atom. The van der Waals surface area contributed by atoms with E-state index >= 15 is 0 Å². The highest BCUT2D eigenvalue weighted by Crippen LogP contribution is 2.34. The van der Waals surface area contributed by atoms with E-state index in [4.69, 9.17) is 9.47 Å². The van der Waals surface area contributed by atoms with Crippen LogP contribution < -0.4 is 14.8 Å². The van der Waals surface area contributed by atoms with Gasteiger partial charge >= 0.3 is 0 Å². The summed E-state index contributed by atoms with van der Waals surface area (Å²) in [5.74, 6) is 2.31. The number of nitrogens with zero attached hydrogens (tertiary/aromatic N) is 2. The van der Waals surface area contributed by atoms with Gasteiger partial charge in [0.05, 0.1) is 5.69 Å². The lowest BCUT2D eigenvalue weighted by Crippen LogP contribution is -2.34. The smallest absolute Gasteiger partial charge is 0.221 e. The largest absolute Gasteiger partial charge is 0.486 e. The van der Waals surface area contributed by atoms with E-state index < -0.39 is 0 Å². The minimum absolute atomic E-state index is 0.0310. The number of hydrogen-bond acceptors (Lipinski definition) is 6. The van der Waals surface area contributed by atoms with Crippen molar-refractivity contribution in [1.82, 2.24) is 15.3 Å². The number of amides is 1. The molecule has 1 aromatic carbocycles. The summed E-state index contributed by atoms with van der Waals surface area (Å²) in [6.45, 7) is 3.14. The van der Waals surface area contributed by atoms with E-state index in [-0.39, 0.29) is 11.9 Å². The van der Waals surface area contributed by atoms with Crippen molar-refractivity contribution in [3.63, 3.8) is 0 Å². The van der Waals surface area contributed by atoms with Gasteiger partial charge in [-0.3, -0.25) is 14.8 Å². The van der Waals surface area contributed by atoms with Crippen LogP contribution in [0.3, 0.4) is 0 Å². The van der Waals surface area contributed by atoms with Crippen molar-refractivity contribution < 1.29 is 14.3 Å². The fourth-order valence-corrected chi connectivity index (χ4v) is 3.40. The first kappa shape index (κ1) is 17.5. The van der Waals surface area contributed by atoms with Crippen LogP contribution in [-0.2, 0) is 11.2 Å². The van der Waals surface area contributed by atoms with Gasteiger partial charge in [-0.25, -0.2) is 0 Å². The zero-order chi connectivity index (χ0) is 17.5. The third-order valence-corrected chi connectivity index (χ3v) is 4.65. The van der Waals surface area contributed by atoms with Crippen LogP contribution >= 0.6 is 11.8 Å². The van der Waals surface area contributed by atoms with Gasteiger partial charge in [-0.15, -0.1) is 11.8 Å². The van der Waals surface area contributed by atoms with Crippen molar-refractivity contribution in [2.75, 3.05) is 19.0 Å². The number of aromatic nitrogens is 2. The van der Waals surface area contributed by atoms with Gasteiger partial charge in [-0.1, -0.05) is 0 Å². The van der Waals surface area contributed by atoms with Crippen LogP contribution in [0, 0.1) is 0 Å². The van der Waals surface area contributed by atoms with Crippen molar-refractivity contribution in [2.24, 2.45) is 0 Å². The highest BCUT2D eigenvalue weighted by Gasteiger charge is 2.13. The maximum absolute atomic E-state index is 12.1. The minimum atomic E-state index is 0.0310. The molecule has 0 aliphatic carbocycles. The van der Waals surface area contributed by atoms with Crippen molar-refractivity contribution in [2.45, 2.75) is 30.7 Å². The maximum Gasteiger partial charge on any atom is 0.221 e. The van der Waals surface area contributed by atoms with E-state index in [1.807, 2.05) is 25.1 Å². The molecule has 2 heterocycles. The lowest BCUT2D eigenvalue weighted by molar-refractivity contribution is -0.121. The van der Waals surface area contributed by atoms with Gasteiger partial charge in [0.2, 0.25) is 5.91 Å². The van der Waals surface area contributed by atoms with Crippen LogP contribution in [0.4, 0.5) is 0 Å². The summed E-state index contributed by atoms with van der Waals surface area (Å²) in [6.07, 6.45) is 6.16. The van der Waals surface area contributed by atoms with E-state index in [9.17, 15) is 4.79 Å². The summed E-state index contributed by atoms with van der Waals surface area (Å²) in [6, 6.07) is 5.91. The summed E-state index contributed by atoms with van der Waals surface area (Å²) >= 11 is 1.63. The van der Waals surface area contributed by atoms with Crippen molar-refractivity contribution in [3.8, 4) is 11.5 Å². The summed E-state index contributed by atoms with van der Waals surface area (Å²) in [5.41, 5.74) is 0.876. The van der Waals surface area contributed by atoms with E-state index in [0.29, 0.717) is 31.8 Å². The normalized spacial score (nSPS) is 14.0.